The lowest BCUT2D eigenvalue weighted by molar-refractivity contribution is 0.0933. The Morgan fingerprint density at radius 2 is 2.33 bits per heavy atom. The van der Waals surface area contributed by atoms with Gasteiger partial charge >= 0.3 is 0 Å². The third kappa shape index (κ3) is 2.33. The number of H-pyrrole nitrogens is 1. The molecule has 2 aromatic rings. The Hall–Kier alpha value is -2.35. The number of benzene rings is 1. The summed E-state index contributed by atoms with van der Waals surface area (Å²) in [5.41, 5.74) is 1.21. The molecule has 0 bridgehead atoms. The van der Waals surface area contributed by atoms with Gasteiger partial charge in [0, 0.05) is 11.4 Å². The number of carbonyl (C=O) groups excluding carboxylic acids is 1. The molecule has 0 aliphatic carbocycles. The minimum absolute atomic E-state index is 0.127. The van der Waals surface area contributed by atoms with Crippen molar-refractivity contribution in [1.29, 1.82) is 5.26 Å². The van der Waals surface area contributed by atoms with E-state index in [2.05, 4.69) is 21.6 Å². The summed E-state index contributed by atoms with van der Waals surface area (Å²) < 4.78 is 0. The Kier molecular flexibility index (Phi) is 3.58. The molecular formula is C13H14N4O. The van der Waals surface area contributed by atoms with Crippen LogP contribution in [0.1, 0.15) is 30.3 Å². The van der Waals surface area contributed by atoms with E-state index in [4.69, 9.17) is 5.26 Å². The van der Waals surface area contributed by atoms with Crippen molar-refractivity contribution in [1.82, 2.24) is 15.5 Å². The number of nitriles is 1. The first kappa shape index (κ1) is 12.1. The number of nitrogens with one attached hydrogen (secondary N) is 2. The lowest BCUT2D eigenvalue weighted by Gasteiger charge is -2.12. The average molecular weight is 242 g/mol. The van der Waals surface area contributed by atoms with E-state index < -0.39 is 0 Å². The maximum atomic E-state index is 12.1. The van der Waals surface area contributed by atoms with Gasteiger partial charge in [0.25, 0.3) is 5.91 Å². The number of para-hydroxylation sites is 1. The number of hydrogen-bond acceptors (Lipinski definition) is 3. The second kappa shape index (κ2) is 5.32. The third-order valence-electron chi connectivity index (χ3n) is 2.85. The van der Waals surface area contributed by atoms with Crippen LogP contribution >= 0.6 is 0 Å². The van der Waals surface area contributed by atoms with Crippen LogP contribution in [0.5, 0.6) is 0 Å². The zero-order chi connectivity index (χ0) is 13.0. The van der Waals surface area contributed by atoms with Gasteiger partial charge in [0.1, 0.15) is 0 Å². The van der Waals surface area contributed by atoms with Crippen LogP contribution in [-0.4, -0.2) is 22.1 Å². The molecule has 0 aliphatic heterocycles. The highest BCUT2D eigenvalue weighted by atomic mass is 16.2. The zero-order valence-electron chi connectivity index (χ0n) is 10.1. The van der Waals surface area contributed by atoms with Gasteiger partial charge in [-0.05, 0) is 12.5 Å². The summed E-state index contributed by atoms with van der Waals surface area (Å²) in [6, 6.07) is 9.39. The van der Waals surface area contributed by atoms with Gasteiger partial charge in [0.2, 0.25) is 0 Å². The number of fused-ring (bicyclic) bond motifs is 1. The van der Waals surface area contributed by atoms with Crippen molar-refractivity contribution in [3.63, 3.8) is 0 Å². The SMILES string of the molecule is CCC(CC#N)NC(=O)c1n[nH]c2ccccc12. The van der Waals surface area contributed by atoms with E-state index in [0.717, 1.165) is 17.3 Å². The molecule has 1 unspecified atom stereocenters. The molecule has 0 aliphatic rings. The van der Waals surface area contributed by atoms with Crippen LogP contribution in [0.3, 0.4) is 0 Å². The van der Waals surface area contributed by atoms with Gasteiger partial charge in [-0.25, -0.2) is 0 Å². The second-order valence-corrected chi connectivity index (χ2v) is 4.06. The molecule has 0 spiro atoms. The first-order valence-corrected chi connectivity index (χ1v) is 5.87. The fraction of sp³-hybridized carbons (Fsp3) is 0.308. The van der Waals surface area contributed by atoms with E-state index in [1.807, 2.05) is 31.2 Å². The van der Waals surface area contributed by atoms with Gasteiger partial charge in [-0.15, -0.1) is 0 Å². The molecule has 1 aromatic carbocycles. The van der Waals surface area contributed by atoms with Crippen LogP contribution in [0.25, 0.3) is 10.9 Å². The minimum atomic E-state index is -0.241. The van der Waals surface area contributed by atoms with Gasteiger partial charge < -0.3 is 5.32 Å². The Bertz CT molecular complexity index is 596. The van der Waals surface area contributed by atoms with Crippen LogP contribution in [0.4, 0.5) is 0 Å². The summed E-state index contributed by atoms with van der Waals surface area (Å²) in [7, 11) is 0. The third-order valence-corrected chi connectivity index (χ3v) is 2.85. The van der Waals surface area contributed by atoms with Crippen molar-refractivity contribution >= 4 is 16.8 Å². The van der Waals surface area contributed by atoms with E-state index in [9.17, 15) is 4.79 Å². The molecule has 0 saturated heterocycles. The predicted molar refractivity (Wildman–Crippen MR) is 67.9 cm³/mol. The van der Waals surface area contributed by atoms with Crippen molar-refractivity contribution in [2.24, 2.45) is 0 Å². The monoisotopic (exact) mass is 242 g/mol. The first-order chi connectivity index (χ1) is 8.76. The molecule has 5 heteroatoms. The lowest BCUT2D eigenvalue weighted by atomic mass is 10.1. The molecule has 1 atom stereocenters. The smallest absolute Gasteiger partial charge is 0.272 e. The maximum absolute atomic E-state index is 12.1. The predicted octanol–water partition coefficient (Wildman–Crippen LogP) is 1.98. The van der Waals surface area contributed by atoms with Crippen molar-refractivity contribution in [3.8, 4) is 6.07 Å². The van der Waals surface area contributed by atoms with Crippen molar-refractivity contribution in [2.45, 2.75) is 25.8 Å². The summed E-state index contributed by atoms with van der Waals surface area (Å²) in [5, 5.41) is 19.1. The highest BCUT2D eigenvalue weighted by Crippen LogP contribution is 2.15. The fourth-order valence-electron chi connectivity index (χ4n) is 1.80. The highest BCUT2D eigenvalue weighted by Gasteiger charge is 2.16. The molecule has 1 heterocycles. The minimum Gasteiger partial charge on any atom is -0.347 e. The van der Waals surface area contributed by atoms with Gasteiger partial charge in [-0.3, -0.25) is 9.89 Å². The number of hydrogen-bond donors (Lipinski definition) is 2. The van der Waals surface area contributed by atoms with E-state index in [0.29, 0.717) is 12.1 Å². The molecule has 18 heavy (non-hydrogen) atoms. The number of nitrogens with zero attached hydrogens (tertiary/aromatic N) is 2. The van der Waals surface area contributed by atoms with Crippen molar-refractivity contribution < 1.29 is 4.79 Å². The second-order valence-electron chi connectivity index (χ2n) is 4.06. The van der Waals surface area contributed by atoms with Crippen LogP contribution in [0, 0.1) is 11.3 Å². The molecule has 0 radical (unpaired) electrons. The molecule has 1 amide bonds. The molecule has 2 rings (SSSR count). The molecule has 92 valence electrons. The van der Waals surface area contributed by atoms with E-state index in [1.165, 1.54) is 0 Å². The molecular weight excluding hydrogens is 228 g/mol. The van der Waals surface area contributed by atoms with Crippen LogP contribution in [0.2, 0.25) is 0 Å². The number of aromatic nitrogens is 2. The maximum Gasteiger partial charge on any atom is 0.272 e. The van der Waals surface area contributed by atoms with E-state index >= 15 is 0 Å². The zero-order valence-corrected chi connectivity index (χ0v) is 10.1. The number of aromatic amines is 1. The quantitative estimate of drug-likeness (QED) is 0.860. The highest BCUT2D eigenvalue weighted by molar-refractivity contribution is 6.04. The first-order valence-electron chi connectivity index (χ1n) is 5.87. The summed E-state index contributed by atoms with van der Waals surface area (Å²) in [6.07, 6.45) is 1.03. The Labute approximate surface area is 105 Å². The van der Waals surface area contributed by atoms with Crippen molar-refractivity contribution in [2.75, 3.05) is 0 Å². The van der Waals surface area contributed by atoms with Gasteiger partial charge in [-0.1, -0.05) is 25.1 Å². The number of rotatable bonds is 4. The molecule has 2 N–H and O–H groups in total. The van der Waals surface area contributed by atoms with E-state index in [1.54, 1.807) is 0 Å². The fourth-order valence-corrected chi connectivity index (χ4v) is 1.80. The topological polar surface area (TPSA) is 81.6 Å². The van der Waals surface area contributed by atoms with Crippen molar-refractivity contribution in [3.05, 3.63) is 30.0 Å². The summed E-state index contributed by atoms with van der Waals surface area (Å²) in [4.78, 5) is 12.1. The van der Waals surface area contributed by atoms with Crippen LogP contribution < -0.4 is 5.32 Å². The van der Waals surface area contributed by atoms with Crippen LogP contribution in [0.15, 0.2) is 24.3 Å². The van der Waals surface area contributed by atoms with Gasteiger partial charge in [0.15, 0.2) is 5.69 Å². The Morgan fingerprint density at radius 1 is 1.56 bits per heavy atom. The summed E-state index contributed by atoms with van der Waals surface area (Å²) >= 11 is 0. The summed E-state index contributed by atoms with van der Waals surface area (Å²) in [5.74, 6) is -0.241. The van der Waals surface area contributed by atoms with Gasteiger partial charge in [0.05, 0.1) is 18.0 Å². The largest absolute Gasteiger partial charge is 0.347 e. The average Bonchev–Trinajstić information content (AvgIpc) is 2.82. The molecule has 5 nitrogen and oxygen atoms in total. The Balaban J connectivity index is 2.21. The van der Waals surface area contributed by atoms with E-state index in [-0.39, 0.29) is 11.9 Å². The molecule has 0 fully saturated rings. The Morgan fingerprint density at radius 3 is 3.06 bits per heavy atom. The number of amides is 1. The lowest BCUT2D eigenvalue weighted by Crippen LogP contribution is -2.34. The number of carbonyl (C=O) groups is 1. The summed E-state index contributed by atoms with van der Waals surface area (Å²) in [6.45, 7) is 1.94. The van der Waals surface area contributed by atoms with Crippen LogP contribution in [-0.2, 0) is 0 Å². The molecule has 0 saturated carbocycles. The standard InChI is InChI=1S/C13H14N4O/c1-2-9(7-8-14)15-13(18)12-10-5-3-4-6-11(10)16-17-12/h3-6,9H,2,7H2,1H3,(H,15,18)(H,16,17). The van der Waals surface area contributed by atoms with Gasteiger partial charge in [-0.2, -0.15) is 10.4 Å². The normalized spacial score (nSPS) is 12.0. The molecule has 1 aromatic heterocycles.